The van der Waals surface area contributed by atoms with Gasteiger partial charge in [0.05, 0.1) is 19.8 Å². The van der Waals surface area contributed by atoms with Crippen LogP contribution in [0.4, 0.5) is 0 Å². The van der Waals surface area contributed by atoms with Crippen LogP contribution in [0.25, 0.3) is 0 Å². The van der Waals surface area contributed by atoms with Crippen LogP contribution in [0.2, 0.25) is 0 Å². The first-order chi connectivity index (χ1) is 9.99. The SMILES string of the molecule is CC(C)C(C)N(C)C(=O)c1cc(CN2CCOCC2)on1. The largest absolute Gasteiger partial charge is 0.379 e. The van der Waals surface area contributed by atoms with Crippen molar-refractivity contribution in [3.8, 4) is 0 Å². The van der Waals surface area contributed by atoms with E-state index in [0.29, 0.717) is 18.2 Å². The minimum absolute atomic E-state index is 0.0897. The number of hydrogen-bond acceptors (Lipinski definition) is 5. The fraction of sp³-hybridized carbons (Fsp3) is 0.733. The van der Waals surface area contributed by atoms with E-state index in [1.54, 1.807) is 11.0 Å². The second kappa shape index (κ2) is 7.04. The summed E-state index contributed by atoms with van der Waals surface area (Å²) in [5, 5.41) is 3.92. The van der Waals surface area contributed by atoms with Crippen molar-refractivity contribution in [1.82, 2.24) is 15.0 Å². The summed E-state index contributed by atoms with van der Waals surface area (Å²) in [7, 11) is 1.81. The Morgan fingerprint density at radius 2 is 2.05 bits per heavy atom. The Hall–Kier alpha value is -1.40. The van der Waals surface area contributed by atoms with Crippen LogP contribution in [0.5, 0.6) is 0 Å². The zero-order valence-corrected chi connectivity index (χ0v) is 13.3. The molecular formula is C15H25N3O3. The number of nitrogens with zero attached hydrogens (tertiary/aromatic N) is 3. The molecule has 1 fully saturated rings. The molecule has 2 rings (SSSR count). The zero-order chi connectivity index (χ0) is 15.4. The molecule has 118 valence electrons. The standard InChI is InChI=1S/C15H25N3O3/c1-11(2)12(3)17(4)15(19)14-9-13(21-16-14)10-18-5-7-20-8-6-18/h9,11-12H,5-8,10H2,1-4H3. The van der Waals surface area contributed by atoms with Gasteiger partial charge in [0.1, 0.15) is 0 Å². The molecule has 1 aliphatic rings. The number of amides is 1. The molecule has 1 aromatic heterocycles. The van der Waals surface area contributed by atoms with Gasteiger partial charge in [0, 0.05) is 32.2 Å². The van der Waals surface area contributed by atoms with Crippen molar-refractivity contribution in [3.05, 3.63) is 17.5 Å². The molecule has 21 heavy (non-hydrogen) atoms. The molecule has 0 bridgehead atoms. The quantitative estimate of drug-likeness (QED) is 0.826. The minimum Gasteiger partial charge on any atom is -0.379 e. The highest BCUT2D eigenvalue weighted by molar-refractivity contribution is 5.92. The molecule has 0 radical (unpaired) electrons. The van der Waals surface area contributed by atoms with Crippen LogP contribution in [0, 0.1) is 5.92 Å². The van der Waals surface area contributed by atoms with Gasteiger partial charge in [0.15, 0.2) is 11.5 Å². The van der Waals surface area contributed by atoms with Gasteiger partial charge in [0.2, 0.25) is 0 Å². The van der Waals surface area contributed by atoms with Crippen molar-refractivity contribution in [2.45, 2.75) is 33.4 Å². The van der Waals surface area contributed by atoms with E-state index < -0.39 is 0 Å². The topological polar surface area (TPSA) is 58.8 Å². The van der Waals surface area contributed by atoms with Gasteiger partial charge in [-0.2, -0.15) is 0 Å². The number of carbonyl (C=O) groups excluding carboxylic acids is 1. The van der Waals surface area contributed by atoms with Crippen LogP contribution in [-0.2, 0) is 11.3 Å². The van der Waals surface area contributed by atoms with Crippen LogP contribution in [0.15, 0.2) is 10.6 Å². The number of morpholine rings is 1. The van der Waals surface area contributed by atoms with Crippen molar-refractivity contribution < 1.29 is 14.1 Å². The molecule has 1 aromatic rings. The molecular weight excluding hydrogens is 270 g/mol. The molecule has 0 N–H and O–H groups in total. The fourth-order valence-corrected chi connectivity index (χ4v) is 2.28. The molecule has 6 nitrogen and oxygen atoms in total. The van der Waals surface area contributed by atoms with Gasteiger partial charge in [-0.05, 0) is 12.8 Å². The lowest BCUT2D eigenvalue weighted by Gasteiger charge is -2.27. The van der Waals surface area contributed by atoms with E-state index >= 15 is 0 Å². The second-order valence-electron chi connectivity index (χ2n) is 5.97. The summed E-state index contributed by atoms with van der Waals surface area (Å²) in [5.74, 6) is 1.04. The average Bonchev–Trinajstić information content (AvgIpc) is 2.94. The van der Waals surface area contributed by atoms with Gasteiger partial charge in [-0.1, -0.05) is 19.0 Å². The van der Waals surface area contributed by atoms with Gasteiger partial charge in [0.25, 0.3) is 5.91 Å². The number of aromatic nitrogens is 1. The van der Waals surface area contributed by atoms with E-state index in [2.05, 4.69) is 23.9 Å². The first-order valence-electron chi connectivity index (χ1n) is 7.52. The van der Waals surface area contributed by atoms with E-state index in [-0.39, 0.29) is 11.9 Å². The van der Waals surface area contributed by atoms with Crippen molar-refractivity contribution in [1.29, 1.82) is 0 Å². The Bertz CT molecular complexity index is 466. The maximum absolute atomic E-state index is 12.4. The zero-order valence-electron chi connectivity index (χ0n) is 13.3. The first kappa shape index (κ1) is 16.0. The Balaban J connectivity index is 1.96. The fourth-order valence-electron chi connectivity index (χ4n) is 2.28. The third-order valence-electron chi connectivity index (χ3n) is 4.16. The van der Waals surface area contributed by atoms with Gasteiger partial charge in [-0.3, -0.25) is 9.69 Å². The van der Waals surface area contributed by atoms with E-state index in [1.807, 2.05) is 14.0 Å². The van der Waals surface area contributed by atoms with Crippen molar-refractivity contribution in [2.75, 3.05) is 33.4 Å². The Kier molecular flexibility index (Phi) is 5.36. The van der Waals surface area contributed by atoms with Gasteiger partial charge >= 0.3 is 0 Å². The summed E-state index contributed by atoms with van der Waals surface area (Å²) in [6, 6.07) is 1.92. The Morgan fingerprint density at radius 3 is 2.67 bits per heavy atom. The molecule has 1 aliphatic heterocycles. The predicted molar refractivity (Wildman–Crippen MR) is 79.0 cm³/mol. The summed E-state index contributed by atoms with van der Waals surface area (Å²) >= 11 is 0. The molecule has 1 unspecified atom stereocenters. The summed E-state index contributed by atoms with van der Waals surface area (Å²) in [6.45, 7) is 10.2. The van der Waals surface area contributed by atoms with E-state index in [4.69, 9.17) is 9.26 Å². The van der Waals surface area contributed by atoms with Crippen molar-refractivity contribution >= 4 is 5.91 Å². The molecule has 0 spiro atoms. The normalized spacial score (nSPS) is 18.0. The molecule has 0 saturated carbocycles. The van der Waals surface area contributed by atoms with Crippen LogP contribution >= 0.6 is 0 Å². The number of carbonyl (C=O) groups is 1. The predicted octanol–water partition coefficient (Wildman–Crippen LogP) is 1.62. The first-order valence-corrected chi connectivity index (χ1v) is 7.52. The Labute approximate surface area is 126 Å². The van der Waals surface area contributed by atoms with E-state index in [0.717, 1.165) is 32.1 Å². The van der Waals surface area contributed by atoms with Crippen LogP contribution in [-0.4, -0.2) is 60.3 Å². The third-order valence-corrected chi connectivity index (χ3v) is 4.16. The van der Waals surface area contributed by atoms with Crippen molar-refractivity contribution in [3.63, 3.8) is 0 Å². The maximum atomic E-state index is 12.4. The maximum Gasteiger partial charge on any atom is 0.276 e. The van der Waals surface area contributed by atoms with Crippen LogP contribution in [0.3, 0.4) is 0 Å². The molecule has 6 heteroatoms. The molecule has 1 atom stereocenters. The highest BCUT2D eigenvalue weighted by atomic mass is 16.5. The number of rotatable bonds is 5. The Morgan fingerprint density at radius 1 is 1.38 bits per heavy atom. The molecule has 0 aliphatic carbocycles. The molecule has 2 heterocycles. The summed E-state index contributed by atoms with van der Waals surface area (Å²) < 4.78 is 10.6. The number of hydrogen-bond donors (Lipinski definition) is 0. The van der Waals surface area contributed by atoms with Crippen molar-refractivity contribution in [2.24, 2.45) is 5.92 Å². The smallest absolute Gasteiger partial charge is 0.276 e. The lowest BCUT2D eigenvalue weighted by molar-refractivity contribution is 0.0305. The summed E-state index contributed by atoms with van der Waals surface area (Å²) in [5.41, 5.74) is 0.383. The third kappa shape index (κ3) is 4.04. The summed E-state index contributed by atoms with van der Waals surface area (Å²) in [4.78, 5) is 16.3. The highest BCUT2D eigenvalue weighted by Crippen LogP contribution is 2.14. The highest BCUT2D eigenvalue weighted by Gasteiger charge is 2.23. The van der Waals surface area contributed by atoms with Crippen LogP contribution in [0.1, 0.15) is 37.0 Å². The lowest BCUT2D eigenvalue weighted by atomic mass is 10.1. The second-order valence-corrected chi connectivity index (χ2v) is 5.97. The molecule has 0 aromatic carbocycles. The van der Waals surface area contributed by atoms with E-state index in [9.17, 15) is 4.79 Å². The minimum atomic E-state index is -0.0897. The monoisotopic (exact) mass is 295 g/mol. The lowest BCUT2D eigenvalue weighted by Crippen LogP contribution is -2.38. The molecule has 1 saturated heterocycles. The van der Waals surface area contributed by atoms with Crippen LogP contribution < -0.4 is 0 Å². The van der Waals surface area contributed by atoms with E-state index in [1.165, 1.54) is 0 Å². The van der Waals surface area contributed by atoms with Gasteiger partial charge < -0.3 is 14.2 Å². The average molecular weight is 295 g/mol. The van der Waals surface area contributed by atoms with Gasteiger partial charge in [-0.15, -0.1) is 0 Å². The summed E-state index contributed by atoms with van der Waals surface area (Å²) in [6.07, 6.45) is 0. The van der Waals surface area contributed by atoms with Gasteiger partial charge in [-0.25, -0.2) is 0 Å². The number of ether oxygens (including phenoxy) is 1. The molecule has 1 amide bonds.